The van der Waals surface area contributed by atoms with Crippen molar-refractivity contribution in [3.63, 3.8) is 0 Å². The maximum atomic E-state index is 12.3. The monoisotopic (exact) mass is 307 g/mol. The van der Waals surface area contributed by atoms with Crippen molar-refractivity contribution < 1.29 is 19.1 Å². The highest BCUT2D eigenvalue weighted by Crippen LogP contribution is 2.24. The second-order valence-corrected chi connectivity index (χ2v) is 6.26. The van der Waals surface area contributed by atoms with Gasteiger partial charge in [-0.1, -0.05) is 37.3 Å². The molecule has 1 rings (SSSR count). The molecule has 0 saturated carbocycles. The summed E-state index contributed by atoms with van der Waals surface area (Å²) in [5.41, 5.74) is 0.329. The normalized spacial score (nSPS) is 13.9. The van der Waals surface area contributed by atoms with E-state index in [9.17, 15) is 9.59 Å². The number of hydrogen-bond acceptors (Lipinski definition) is 4. The smallest absolute Gasteiger partial charge is 0.410 e. The Morgan fingerprint density at radius 3 is 2.14 bits per heavy atom. The topological polar surface area (TPSA) is 55.8 Å². The molecule has 1 aromatic carbocycles. The van der Waals surface area contributed by atoms with E-state index in [0.717, 1.165) is 5.56 Å². The van der Waals surface area contributed by atoms with Crippen LogP contribution in [0.4, 0.5) is 4.79 Å². The Morgan fingerprint density at radius 1 is 1.14 bits per heavy atom. The third-order valence-electron chi connectivity index (χ3n) is 3.34. The number of hydrogen-bond donors (Lipinski definition) is 0. The molecule has 0 aliphatic heterocycles. The van der Waals surface area contributed by atoms with Crippen molar-refractivity contribution in [2.75, 3.05) is 14.2 Å². The number of methoxy groups -OCH3 is 1. The van der Waals surface area contributed by atoms with Gasteiger partial charge < -0.3 is 9.47 Å². The molecule has 1 amide bonds. The average molecular weight is 307 g/mol. The third kappa shape index (κ3) is 4.76. The van der Waals surface area contributed by atoms with Gasteiger partial charge in [0, 0.05) is 13.0 Å². The van der Waals surface area contributed by atoms with Crippen LogP contribution in [0.3, 0.4) is 0 Å². The van der Waals surface area contributed by atoms with Crippen LogP contribution in [-0.4, -0.2) is 42.8 Å². The van der Waals surface area contributed by atoms with Crippen molar-refractivity contribution in [1.29, 1.82) is 0 Å². The van der Waals surface area contributed by atoms with Crippen LogP contribution in [0, 0.1) is 0 Å². The van der Waals surface area contributed by atoms with Crippen molar-refractivity contribution in [2.45, 2.75) is 45.3 Å². The van der Waals surface area contributed by atoms with Crippen molar-refractivity contribution in [3.8, 4) is 0 Å². The maximum Gasteiger partial charge on any atom is 0.410 e. The van der Waals surface area contributed by atoms with E-state index in [1.165, 1.54) is 12.0 Å². The quantitative estimate of drug-likeness (QED) is 0.802. The highest BCUT2D eigenvalue weighted by Gasteiger charge is 2.35. The first-order valence-electron chi connectivity index (χ1n) is 7.26. The molecule has 1 aromatic rings. The number of amides is 1. The predicted octanol–water partition coefficient (Wildman–Crippen LogP) is 3.20. The van der Waals surface area contributed by atoms with Gasteiger partial charge in [-0.3, -0.25) is 4.90 Å². The summed E-state index contributed by atoms with van der Waals surface area (Å²) in [6, 6.07) is 8.79. The first kappa shape index (κ1) is 18.0. The zero-order valence-electron chi connectivity index (χ0n) is 14.1. The van der Waals surface area contributed by atoms with Gasteiger partial charge in [0.25, 0.3) is 0 Å². The van der Waals surface area contributed by atoms with E-state index >= 15 is 0 Å². The second kappa shape index (κ2) is 7.29. The van der Waals surface area contributed by atoms with Crippen LogP contribution >= 0.6 is 0 Å². The van der Waals surface area contributed by atoms with Crippen molar-refractivity contribution >= 4 is 12.1 Å². The van der Waals surface area contributed by atoms with E-state index in [-0.39, 0.29) is 5.92 Å². The summed E-state index contributed by atoms with van der Waals surface area (Å²) in [4.78, 5) is 25.7. The molecule has 22 heavy (non-hydrogen) atoms. The minimum absolute atomic E-state index is 0.217. The molecule has 1 unspecified atom stereocenters. The first-order valence-corrected chi connectivity index (χ1v) is 7.26. The Kier molecular flexibility index (Phi) is 5.97. The molecule has 5 nitrogen and oxygen atoms in total. The summed E-state index contributed by atoms with van der Waals surface area (Å²) in [7, 11) is 2.87. The molecule has 0 radical (unpaired) electrons. The zero-order chi connectivity index (χ0) is 16.9. The van der Waals surface area contributed by atoms with E-state index < -0.39 is 23.7 Å². The molecule has 0 aromatic heterocycles. The summed E-state index contributed by atoms with van der Waals surface area (Å²) < 4.78 is 10.2. The number of likely N-dealkylation sites (N-methyl/N-ethyl adjacent to an activating group) is 1. The molecule has 0 aliphatic carbocycles. The SMILES string of the molecule is COC(=O)C([C@@H](C)c1ccccc1)N(C)C(=O)OC(C)(C)C. The second-order valence-electron chi connectivity index (χ2n) is 6.26. The number of esters is 1. The number of ether oxygens (including phenoxy) is 2. The Balaban J connectivity index is 3.03. The number of carbonyl (C=O) groups is 2. The van der Waals surface area contributed by atoms with Crippen LogP contribution in [0.5, 0.6) is 0 Å². The summed E-state index contributed by atoms with van der Waals surface area (Å²) in [5.74, 6) is -0.684. The summed E-state index contributed by atoms with van der Waals surface area (Å²) >= 11 is 0. The molecule has 0 fully saturated rings. The number of benzene rings is 1. The molecule has 0 N–H and O–H groups in total. The fourth-order valence-electron chi connectivity index (χ4n) is 2.20. The fraction of sp³-hybridized carbons (Fsp3) is 0.529. The average Bonchev–Trinajstić information content (AvgIpc) is 2.46. The molecule has 0 spiro atoms. The summed E-state index contributed by atoms with van der Waals surface area (Å²) in [6.07, 6.45) is -0.550. The Bertz CT molecular complexity index is 507. The lowest BCUT2D eigenvalue weighted by molar-refractivity contribution is -0.147. The van der Waals surface area contributed by atoms with E-state index in [0.29, 0.717) is 0 Å². The van der Waals surface area contributed by atoms with E-state index in [2.05, 4.69) is 0 Å². The Morgan fingerprint density at radius 2 is 1.68 bits per heavy atom. The minimum Gasteiger partial charge on any atom is -0.467 e. The van der Waals surface area contributed by atoms with Crippen molar-refractivity contribution in [3.05, 3.63) is 35.9 Å². The lowest BCUT2D eigenvalue weighted by atomic mass is 9.92. The fourth-order valence-corrected chi connectivity index (χ4v) is 2.20. The standard InChI is InChI=1S/C17H25NO4/c1-12(13-10-8-7-9-11-13)14(15(19)21-6)18(5)16(20)22-17(2,3)4/h7-12,14H,1-6H3/t12-,14?/m0/s1. The highest BCUT2D eigenvalue weighted by atomic mass is 16.6. The zero-order valence-corrected chi connectivity index (χ0v) is 14.1. The third-order valence-corrected chi connectivity index (χ3v) is 3.34. The van der Waals surface area contributed by atoms with Crippen LogP contribution < -0.4 is 0 Å². The van der Waals surface area contributed by atoms with Crippen molar-refractivity contribution in [1.82, 2.24) is 4.90 Å². The molecule has 122 valence electrons. The van der Waals surface area contributed by atoms with E-state index in [1.807, 2.05) is 37.3 Å². The molecule has 0 heterocycles. The summed E-state index contributed by atoms with van der Waals surface area (Å²) in [5, 5.41) is 0. The predicted molar refractivity (Wildman–Crippen MR) is 84.7 cm³/mol. The molecular formula is C17H25NO4. The van der Waals surface area contributed by atoms with Crippen LogP contribution in [0.25, 0.3) is 0 Å². The Hall–Kier alpha value is -2.04. The van der Waals surface area contributed by atoms with Gasteiger partial charge in [-0.15, -0.1) is 0 Å². The van der Waals surface area contributed by atoms with Crippen LogP contribution in [0.2, 0.25) is 0 Å². The first-order chi connectivity index (χ1) is 10.2. The maximum absolute atomic E-state index is 12.3. The van der Waals surface area contributed by atoms with Gasteiger partial charge in [-0.25, -0.2) is 9.59 Å². The molecule has 0 saturated heterocycles. The van der Waals surface area contributed by atoms with Gasteiger partial charge in [0.05, 0.1) is 7.11 Å². The van der Waals surface area contributed by atoms with E-state index in [4.69, 9.17) is 9.47 Å². The van der Waals surface area contributed by atoms with Gasteiger partial charge in [0.15, 0.2) is 0 Å². The Labute approximate surface area is 132 Å². The minimum atomic E-state index is -0.748. The van der Waals surface area contributed by atoms with E-state index in [1.54, 1.807) is 27.8 Å². The lowest BCUT2D eigenvalue weighted by Crippen LogP contribution is -2.47. The number of carbonyl (C=O) groups excluding carboxylic acids is 2. The van der Waals surface area contributed by atoms with Crippen LogP contribution in [0.15, 0.2) is 30.3 Å². The molecule has 5 heteroatoms. The van der Waals surface area contributed by atoms with Gasteiger partial charge in [-0.2, -0.15) is 0 Å². The lowest BCUT2D eigenvalue weighted by Gasteiger charge is -2.32. The molecule has 2 atom stereocenters. The van der Waals surface area contributed by atoms with Crippen LogP contribution in [0.1, 0.15) is 39.2 Å². The molecule has 0 aliphatic rings. The van der Waals surface area contributed by atoms with Gasteiger partial charge in [0.2, 0.25) is 0 Å². The summed E-state index contributed by atoms with van der Waals surface area (Å²) in [6.45, 7) is 7.24. The van der Waals surface area contributed by atoms with Gasteiger partial charge in [-0.05, 0) is 26.3 Å². The van der Waals surface area contributed by atoms with Crippen molar-refractivity contribution in [2.24, 2.45) is 0 Å². The molecular weight excluding hydrogens is 282 g/mol. The number of nitrogens with zero attached hydrogens (tertiary/aromatic N) is 1. The largest absolute Gasteiger partial charge is 0.467 e. The van der Waals surface area contributed by atoms with Gasteiger partial charge in [0.1, 0.15) is 11.6 Å². The van der Waals surface area contributed by atoms with Gasteiger partial charge >= 0.3 is 12.1 Å². The van der Waals surface area contributed by atoms with Crippen LogP contribution in [-0.2, 0) is 14.3 Å². The molecule has 0 bridgehead atoms. The number of rotatable bonds is 4. The highest BCUT2D eigenvalue weighted by molar-refractivity contribution is 5.82.